The van der Waals surface area contributed by atoms with E-state index in [1.807, 2.05) is 0 Å². The van der Waals surface area contributed by atoms with Gasteiger partial charge >= 0.3 is 0 Å². The molecular weight excluding hydrogens is 358 g/mol. The molecule has 0 atom stereocenters. The molecular formula is C18H14ClN3O4. The number of ether oxygens (including phenoxy) is 1. The van der Waals surface area contributed by atoms with Gasteiger partial charge in [0.1, 0.15) is 22.4 Å². The van der Waals surface area contributed by atoms with E-state index in [4.69, 9.17) is 16.3 Å². The Labute approximate surface area is 154 Å². The number of carbonyl (C=O) groups excluding carboxylic acids is 1. The highest BCUT2D eigenvalue weighted by Crippen LogP contribution is 2.26. The van der Waals surface area contributed by atoms with Gasteiger partial charge in [-0.15, -0.1) is 0 Å². The van der Waals surface area contributed by atoms with Gasteiger partial charge in [-0.3, -0.25) is 14.9 Å². The number of nitrogens with zero attached hydrogens (tertiary/aromatic N) is 2. The number of rotatable bonds is 6. The third-order valence-corrected chi connectivity index (χ3v) is 3.77. The number of hydrogen-bond donors (Lipinski definition) is 1. The quantitative estimate of drug-likeness (QED) is 0.362. The molecule has 2 rings (SSSR count). The van der Waals surface area contributed by atoms with Crippen LogP contribution in [0.15, 0.2) is 48.0 Å². The number of hydrogen-bond acceptors (Lipinski definition) is 5. The normalized spacial score (nSPS) is 10.7. The Balaban J connectivity index is 2.12. The zero-order valence-corrected chi connectivity index (χ0v) is 14.5. The van der Waals surface area contributed by atoms with Crippen molar-refractivity contribution in [1.29, 1.82) is 5.26 Å². The molecule has 132 valence electrons. The fraction of sp³-hybridized carbons (Fsp3) is 0.111. The number of nitro groups is 1. The monoisotopic (exact) mass is 371 g/mol. The summed E-state index contributed by atoms with van der Waals surface area (Å²) >= 11 is 5.75. The van der Waals surface area contributed by atoms with Crippen molar-refractivity contribution >= 4 is 29.3 Å². The van der Waals surface area contributed by atoms with Crippen LogP contribution < -0.4 is 10.1 Å². The van der Waals surface area contributed by atoms with Gasteiger partial charge in [-0.05, 0) is 35.4 Å². The summed E-state index contributed by atoms with van der Waals surface area (Å²) in [5, 5.41) is 22.7. The molecule has 2 aromatic carbocycles. The number of nitro benzene ring substituents is 1. The molecule has 0 unspecified atom stereocenters. The average Bonchev–Trinajstić information content (AvgIpc) is 2.65. The minimum atomic E-state index is -0.629. The molecule has 0 saturated carbocycles. The molecule has 0 aliphatic carbocycles. The smallest absolute Gasteiger partial charge is 0.288 e. The van der Waals surface area contributed by atoms with E-state index in [9.17, 15) is 20.2 Å². The van der Waals surface area contributed by atoms with Gasteiger partial charge in [0.15, 0.2) is 0 Å². The van der Waals surface area contributed by atoms with Crippen LogP contribution in [0.3, 0.4) is 0 Å². The molecule has 2 aromatic rings. The summed E-state index contributed by atoms with van der Waals surface area (Å²) in [6.07, 6.45) is 1.27. The predicted molar refractivity (Wildman–Crippen MR) is 96.5 cm³/mol. The maximum atomic E-state index is 12.2. The van der Waals surface area contributed by atoms with Crippen molar-refractivity contribution in [1.82, 2.24) is 5.32 Å². The summed E-state index contributed by atoms with van der Waals surface area (Å²) in [5.74, 6) is 0.114. The van der Waals surface area contributed by atoms with Crippen molar-refractivity contribution < 1.29 is 14.5 Å². The van der Waals surface area contributed by atoms with E-state index >= 15 is 0 Å². The topological polar surface area (TPSA) is 105 Å². The lowest BCUT2D eigenvalue weighted by molar-refractivity contribution is -0.384. The SMILES string of the molecule is COc1ccc(CNC(=O)C(C#N)=Cc2ccc(Cl)c([N+](=O)[O-])c2)cc1. The second-order valence-corrected chi connectivity index (χ2v) is 5.58. The fourth-order valence-corrected chi connectivity index (χ4v) is 2.28. The zero-order valence-electron chi connectivity index (χ0n) is 13.7. The van der Waals surface area contributed by atoms with Gasteiger partial charge in [-0.2, -0.15) is 5.26 Å². The first-order valence-corrected chi connectivity index (χ1v) is 7.79. The highest BCUT2D eigenvalue weighted by molar-refractivity contribution is 6.32. The van der Waals surface area contributed by atoms with Crippen LogP contribution in [0.2, 0.25) is 5.02 Å². The van der Waals surface area contributed by atoms with E-state index < -0.39 is 10.8 Å². The first-order valence-electron chi connectivity index (χ1n) is 7.41. The van der Waals surface area contributed by atoms with Crippen LogP contribution in [0, 0.1) is 21.4 Å². The van der Waals surface area contributed by atoms with E-state index in [0.29, 0.717) is 11.3 Å². The summed E-state index contributed by atoms with van der Waals surface area (Å²) in [5.41, 5.74) is 0.697. The van der Waals surface area contributed by atoms with E-state index in [1.54, 1.807) is 37.4 Å². The van der Waals surface area contributed by atoms with E-state index in [-0.39, 0.29) is 22.8 Å². The maximum Gasteiger partial charge on any atom is 0.288 e. The van der Waals surface area contributed by atoms with Gasteiger partial charge in [0.05, 0.1) is 12.0 Å². The maximum absolute atomic E-state index is 12.2. The summed E-state index contributed by atoms with van der Waals surface area (Å²) in [6.45, 7) is 0.225. The van der Waals surface area contributed by atoms with Gasteiger partial charge in [-0.25, -0.2) is 0 Å². The van der Waals surface area contributed by atoms with Crippen molar-refractivity contribution in [3.05, 3.63) is 74.3 Å². The van der Waals surface area contributed by atoms with Crippen molar-refractivity contribution in [2.24, 2.45) is 0 Å². The lowest BCUT2D eigenvalue weighted by atomic mass is 10.1. The van der Waals surface area contributed by atoms with Crippen LogP contribution in [0.5, 0.6) is 5.75 Å². The van der Waals surface area contributed by atoms with Gasteiger partial charge in [-0.1, -0.05) is 29.8 Å². The number of benzene rings is 2. The zero-order chi connectivity index (χ0) is 19.1. The van der Waals surface area contributed by atoms with Crippen molar-refractivity contribution in [3.8, 4) is 11.8 Å². The van der Waals surface area contributed by atoms with Crippen molar-refractivity contribution in [2.75, 3.05) is 7.11 Å². The Morgan fingerprint density at radius 3 is 2.62 bits per heavy atom. The van der Waals surface area contributed by atoms with Gasteiger partial charge in [0.2, 0.25) is 0 Å². The third kappa shape index (κ3) is 4.82. The summed E-state index contributed by atoms with van der Waals surface area (Å²) < 4.78 is 5.05. The predicted octanol–water partition coefficient (Wildman–Crippen LogP) is 3.48. The number of halogens is 1. The fourth-order valence-electron chi connectivity index (χ4n) is 2.10. The van der Waals surface area contributed by atoms with Crippen LogP contribution in [0.25, 0.3) is 6.08 Å². The second kappa shape index (κ2) is 8.65. The summed E-state index contributed by atoms with van der Waals surface area (Å²) in [4.78, 5) is 22.5. The molecule has 1 N–H and O–H groups in total. The van der Waals surface area contributed by atoms with Gasteiger partial charge in [0.25, 0.3) is 11.6 Å². The molecule has 0 spiro atoms. The standard InChI is InChI=1S/C18H14ClN3O4/c1-26-15-5-2-12(3-6-15)11-21-18(23)14(10-20)8-13-4-7-16(19)17(9-13)22(24)25/h2-9H,11H2,1H3,(H,21,23). The first-order chi connectivity index (χ1) is 12.4. The van der Waals surface area contributed by atoms with E-state index in [0.717, 1.165) is 5.56 Å². The molecule has 0 aliphatic heterocycles. The van der Waals surface area contributed by atoms with E-state index in [1.165, 1.54) is 24.3 Å². The number of methoxy groups -OCH3 is 1. The molecule has 8 heteroatoms. The molecule has 0 aliphatic rings. The number of nitrogens with one attached hydrogen (secondary N) is 1. The largest absolute Gasteiger partial charge is 0.497 e. The molecule has 26 heavy (non-hydrogen) atoms. The Hall–Kier alpha value is -3.37. The van der Waals surface area contributed by atoms with Gasteiger partial charge in [0, 0.05) is 12.6 Å². The highest BCUT2D eigenvalue weighted by Gasteiger charge is 2.14. The van der Waals surface area contributed by atoms with E-state index in [2.05, 4.69) is 5.32 Å². The molecule has 0 radical (unpaired) electrons. The molecule has 0 heterocycles. The molecule has 0 saturated heterocycles. The molecule has 7 nitrogen and oxygen atoms in total. The van der Waals surface area contributed by atoms with Crippen LogP contribution in [-0.2, 0) is 11.3 Å². The Bertz CT molecular complexity index is 902. The Morgan fingerprint density at radius 1 is 1.35 bits per heavy atom. The number of nitriles is 1. The number of carbonyl (C=O) groups is 1. The van der Waals surface area contributed by atoms with Crippen LogP contribution in [0.1, 0.15) is 11.1 Å². The Kier molecular flexibility index (Phi) is 6.31. The van der Waals surface area contributed by atoms with Crippen LogP contribution >= 0.6 is 11.6 Å². The lowest BCUT2D eigenvalue weighted by Crippen LogP contribution is -2.23. The second-order valence-electron chi connectivity index (χ2n) is 5.17. The third-order valence-electron chi connectivity index (χ3n) is 3.46. The average molecular weight is 372 g/mol. The summed E-state index contributed by atoms with van der Waals surface area (Å²) in [6, 6.07) is 12.9. The minimum Gasteiger partial charge on any atom is -0.497 e. The first kappa shape index (κ1) is 19.0. The van der Waals surface area contributed by atoms with Crippen molar-refractivity contribution in [2.45, 2.75) is 6.54 Å². The van der Waals surface area contributed by atoms with Crippen molar-refractivity contribution in [3.63, 3.8) is 0 Å². The molecule has 0 bridgehead atoms. The van der Waals surface area contributed by atoms with Crippen LogP contribution in [0.4, 0.5) is 5.69 Å². The summed E-state index contributed by atoms with van der Waals surface area (Å²) in [7, 11) is 1.56. The van der Waals surface area contributed by atoms with Gasteiger partial charge < -0.3 is 10.1 Å². The Morgan fingerprint density at radius 2 is 2.04 bits per heavy atom. The highest BCUT2D eigenvalue weighted by atomic mass is 35.5. The molecule has 1 amide bonds. The molecule has 0 aromatic heterocycles. The van der Waals surface area contributed by atoms with Crippen LogP contribution in [-0.4, -0.2) is 17.9 Å². The minimum absolute atomic E-state index is 0.0189. The lowest BCUT2D eigenvalue weighted by Gasteiger charge is -2.06. The number of amides is 1. The molecule has 0 fully saturated rings.